The number of halogens is 1. The van der Waals surface area contributed by atoms with E-state index in [2.05, 4.69) is 10.4 Å². The zero-order chi connectivity index (χ0) is 24.4. The maximum absolute atomic E-state index is 13.7. The summed E-state index contributed by atoms with van der Waals surface area (Å²) in [6.45, 7) is 3.79. The fourth-order valence-electron chi connectivity index (χ4n) is 4.14. The molecule has 4 aromatic rings. The Bertz CT molecular complexity index is 1380. The summed E-state index contributed by atoms with van der Waals surface area (Å²) in [5.41, 5.74) is 0.0276. The molecule has 0 aliphatic carbocycles. The number of pyridine rings is 1. The zero-order valence-corrected chi connectivity index (χ0v) is 20.8. The van der Waals surface area contributed by atoms with Crippen LogP contribution in [0.15, 0.2) is 64.1 Å². The van der Waals surface area contributed by atoms with Gasteiger partial charge in [-0.15, -0.1) is 11.3 Å². The van der Waals surface area contributed by atoms with Crippen LogP contribution in [-0.2, 0) is 17.8 Å². The predicted molar refractivity (Wildman–Crippen MR) is 135 cm³/mol. The maximum atomic E-state index is 13.7. The number of thiophene rings is 1. The lowest BCUT2D eigenvalue weighted by atomic mass is 9.81. The van der Waals surface area contributed by atoms with Crippen LogP contribution in [0, 0.1) is 5.41 Å². The summed E-state index contributed by atoms with van der Waals surface area (Å²) in [4.78, 5) is 27.9. The number of ether oxygens (including phenoxy) is 1. The molecule has 1 aliphatic heterocycles. The lowest BCUT2D eigenvalue weighted by molar-refractivity contribution is 0.0169. The largest absolute Gasteiger partial charge is 0.467 e. The Morgan fingerprint density at radius 2 is 2.06 bits per heavy atom. The Morgan fingerprint density at radius 3 is 2.77 bits per heavy atom. The Morgan fingerprint density at radius 1 is 1.23 bits per heavy atom. The number of nitrogens with one attached hydrogen (secondary N) is 1. The van der Waals surface area contributed by atoms with Crippen LogP contribution in [0.3, 0.4) is 0 Å². The molecule has 1 N–H and O–H groups in total. The molecule has 1 aliphatic rings. The molecule has 0 atom stereocenters. The van der Waals surface area contributed by atoms with Crippen molar-refractivity contribution >= 4 is 34.7 Å². The van der Waals surface area contributed by atoms with Crippen molar-refractivity contribution in [1.82, 2.24) is 14.3 Å². The second-order valence-electron chi connectivity index (χ2n) is 8.80. The number of carbonyl (C=O) groups excluding carboxylic acids is 1. The number of anilines is 1. The summed E-state index contributed by atoms with van der Waals surface area (Å²) >= 11 is 7.54. The van der Waals surface area contributed by atoms with E-state index in [1.165, 1.54) is 16.0 Å². The minimum Gasteiger partial charge on any atom is -0.467 e. The molecule has 0 amide bonds. The van der Waals surface area contributed by atoms with Gasteiger partial charge in [-0.3, -0.25) is 9.59 Å². The van der Waals surface area contributed by atoms with Gasteiger partial charge in [-0.2, -0.15) is 9.78 Å². The van der Waals surface area contributed by atoms with Crippen molar-refractivity contribution in [3.8, 4) is 11.3 Å². The Labute approximate surface area is 211 Å². The van der Waals surface area contributed by atoms with Crippen molar-refractivity contribution in [3.63, 3.8) is 0 Å². The summed E-state index contributed by atoms with van der Waals surface area (Å²) in [7, 11) is 0. The smallest absolute Gasteiger partial charge is 0.260 e. The van der Waals surface area contributed by atoms with Crippen LogP contribution < -0.4 is 10.9 Å². The molecule has 5 heterocycles. The van der Waals surface area contributed by atoms with Crippen LogP contribution in [0.1, 0.15) is 35.2 Å². The number of aromatic nitrogens is 3. The van der Waals surface area contributed by atoms with Gasteiger partial charge in [0.05, 0.1) is 34.7 Å². The number of hydrogen-bond acceptors (Lipinski definition) is 7. The lowest BCUT2D eigenvalue weighted by Gasteiger charge is -2.31. The first kappa shape index (κ1) is 23.6. The van der Waals surface area contributed by atoms with Crippen LogP contribution >= 0.6 is 22.9 Å². The van der Waals surface area contributed by atoms with Crippen molar-refractivity contribution in [2.45, 2.75) is 32.9 Å². The fraction of sp³-hybridized carbons (Fsp3) is 0.320. The SMILES string of the molecule is CC1(C(=O)n2nc(-c3cccn(Cc4ccco4)c3=O)cc2NCc2ccc(Cl)s2)CCOCC1. The van der Waals surface area contributed by atoms with Crippen LogP contribution in [0.5, 0.6) is 0 Å². The standard InChI is InChI=1S/C25H25ClN4O4S/c1-25(8-12-33-13-9-25)24(32)30-22(27-15-18-6-7-21(26)35-18)14-20(28-30)19-5-2-10-29(23(19)31)16-17-4-3-11-34-17/h2-7,10-11,14,27H,8-9,12-13,15-16H2,1H3. The van der Waals surface area contributed by atoms with E-state index in [1.807, 2.05) is 25.1 Å². The van der Waals surface area contributed by atoms with Crippen molar-refractivity contribution in [2.24, 2.45) is 5.41 Å². The molecule has 0 aromatic carbocycles. The van der Waals surface area contributed by atoms with Crippen molar-refractivity contribution in [1.29, 1.82) is 0 Å². The molecule has 35 heavy (non-hydrogen) atoms. The van der Waals surface area contributed by atoms with E-state index >= 15 is 0 Å². The second-order valence-corrected chi connectivity index (χ2v) is 10.6. The van der Waals surface area contributed by atoms with Crippen LogP contribution in [0.4, 0.5) is 5.82 Å². The van der Waals surface area contributed by atoms with Gasteiger partial charge in [0.2, 0.25) is 0 Å². The van der Waals surface area contributed by atoms with E-state index < -0.39 is 5.41 Å². The third-order valence-corrected chi connectivity index (χ3v) is 7.52. The first-order valence-electron chi connectivity index (χ1n) is 11.4. The minimum atomic E-state index is -0.597. The van der Waals surface area contributed by atoms with Gasteiger partial charge in [0.1, 0.15) is 17.3 Å². The molecular weight excluding hydrogens is 488 g/mol. The lowest BCUT2D eigenvalue weighted by Crippen LogP contribution is -2.38. The third-order valence-electron chi connectivity index (χ3n) is 6.29. The van der Waals surface area contributed by atoms with E-state index in [0.29, 0.717) is 66.3 Å². The highest BCUT2D eigenvalue weighted by atomic mass is 35.5. The zero-order valence-electron chi connectivity index (χ0n) is 19.2. The van der Waals surface area contributed by atoms with Gasteiger partial charge in [-0.05, 0) is 49.2 Å². The fourth-order valence-corrected chi connectivity index (χ4v) is 5.16. The molecule has 182 valence electrons. The van der Waals surface area contributed by atoms with Crippen LogP contribution in [-0.4, -0.2) is 33.5 Å². The molecule has 1 fully saturated rings. The predicted octanol–water partition coefficient (Wildman–Crippen LogP) is 5.14. The third kappa shape index (κ3) is 4.98. The Hall–Kier alpha value is -3.14. The van der Waals surface area contributed by atoms with Gasteiger partial charge in [-0.1, -0.05) is 18.5 Å². The van der Waals surface area contributed by atoms with Crippen LogP contribution in [0.25, 0.3) is 11.3 Å². The highest BCUT2D eigenvalue weighted by Gasteiger charge is 2.38. The van der Waals surface area contributed by atoms with E-state index in [9.17, 15) is 9.59 Å². The summed E-state index contributed by atoms with van der Waals surface area (Å²) in [6.07, 6.45) is 4.51. The number of carbonyl (C=O) groups is 1. The summed E-state index contributed by atoms with van der Waals surface area (Å²) < 4.78 is 14.5. The Balaban J connectivity index is 1.50. The quantitative estimate of drug-likeness (QED) is 0.369. The molecular formula is C25H25ClN4O4S. The normalized spacial score (nSPS) is 15.3. The average molecular weight is 513 g/mol. The molecule has 0 radical (unpaired) electrons. The Kier molecular flexibility index (Phi) is 6.64. The first-order valence-corrected chi connectivity index (χ1v) is 12.6. The molecule has 0 bridgehead atoms. The van der Waals surface area contributed by atoms with Gasteiger partial charge >= 0.3 is 0 Å². The van der Waals surface area contributed by atoms with E-state index in [-0.39, 0.29) is 11.5 Å². The highest BCUT2D eigenvalue weighted by Crippen LogP contribution is 2.34. The van der Waals surface area contributed by atoms with E-state index in [4.69, 9.17) is 20.8 Å². The molecule has 4 aromatic heterocycles. The van der Waals surface area contributed by atoms with Crippen molar-refractivity contribution in [2.75, 3.05) is 18.5 Å². The second kappa shape index (κ2) is 9.85. The number of furan rings is 1. The molecule has 0 saturated carbocycles. The highest BCUT2D eigenvalue weighted by molar-refractivity contribution is 7.16. The van der Waals surface area contributed by atoms with Crippen molar-refractivity contribution in [3.05, 3.63) is 80.3 Å². The number of rotatable bonds is 7. The van der Waals surface area contributed by atoms with Gasteiger partial charge in [0.25, 0.3) is 11.5 Å². The molecule has 8 nitrogen and oxygen atoms in total. The van der Waals surface area contributed by atoms with Gasteiger partial charge in [0.15, 0.2) is 0 Å². The summed E-state index contributed by atoms with van der Waals surface area (Å²) in [5, 5.41) is 7.94. The molecule has 1 saturated heterocycles. The van der Waals surface area contributed by atoms with Crippen molar-refractivity contribution < 1.29 is 13.9 Å². The molecule has 0 spiro atoms. The van der Waals surface area contributed by atoms with E-state index in [1.54, 1.807) is 41.3 Å². The molecule has 5 rings (SSSR count). The van der Waals surface area contributed by atoms with Crippen LogP contribution in [0.2, 0.25) is 4.34 Å². The average Bonchev–Trinajstić information content (AvgIpc) is 3.61. The summed E-state index contributed by atoms with van der Waals surface area (Å²) in [5.74, 6) is 1.09. The molecule has 10 heteroatoms. The summed E-state index contributed by atoms with van der Waals surface area (Å²) in [6, 6.07) is 12.6. The van der Waals surface area contributed by atoms with Gasteiger partial charge < -0.3 is 19.0 Å². The van der Waals surface area contributed by atoms with Gasteiger partial charge in [-0.25, -0.2) is 0 Å². The number of nitrogens with zero attached hydrogens (tertiary/aromatic N) is 3. The first-order chi connectivity index (χ1) is 16.9. The van der Waals surface area contributed by atoms with Gasteiger partial charge in [0, 0.05) is 30.4 Å². The topological polar surface area (TPSA) is 91.3 Å². The maximum Gasteiger partial charge on any atom is 0.260 e. The number of hydrogen-bond donors (Lipinski definition) is 1. The monoisotopic (exact) mass is 512 g/mol. The van der Waals surface area contributed by atoms with E-state index in [0.717, 1.165) is 4.88 Å². The minimum absolute atomic E-state index is 0.120. The molecule has 0 unspecified atom stereocenters.